The molecule has 1 unspecified atom stereocenters. The number of anilines is 2. The zero-order valence-electron chi connectivity index (χ0n) is 12.7. The molecule has 1 aliphatic rings. The molecule has 1 fully saturated rings. The van der Waals surface area contributed by atoms with Gasteiger partial charge in [0.25, 0.3) is 0 Å². The molecule has 3 rings (SSSR count). The van der Waals surface area contributed by atoms with E-state index in [0.29, 0.717) is 11.9 Å². The molecule has 0 bridgehead atoms. The summed E-state index contributed by atoms with van der Waals surface area (Å²) in [5.74, 6) is 0.603. The third-order valence-electron chi connectivity index (χ3n) is 4.03. The number of aromatic nitrogens is 2. The number of hydrogen-bond donors (Lipinski definition) is 1. The standard InChI is InChI=1S/C14H21N5S2/c1-4-18-5-6-19(7-9(18)2)14-12(13(15)17-21-14)11-8-20-10(3)16-11/h8-9H,4-7H2,1-3H3,(H2,15,17). The van der Waals surface area contributed by atoms with Gasteiger partial charge in [0.1, 0.15) is 10.8 Å². The maximum absolute atomic E-state index is 6.10. The van der Waals surface area contributed by atoms with E-state index in [-0.39, 0.29) is 0 Å². The summed E-state index contributed by atoms with van der Waals surface area (Å²) in [5.41, 5.74) is 8.08. The minimum Gasteiger partial charge on any atom is -0.382 e. The van der Waals surface area contributed by atoms with Crippen LogP contribution in [-0.2, 0) is 0 Å². The number of nitrogens with zero attached hydrogens (tertiary/aromatic N) is 4. The summed E-state index contributed by atoms with van der Waals surface area (Å²) < 4.78 is 4.37. The monoisotopic (exact) mass is 323 g/mol. The van der Waals surface area contributed by atoms with E-state index in [9.17, 15) is 0 Å². The number of likely N-dealkylation sites (N-methyl/N-ethyl adjacent to an activating group) is 1. The van der Waals surface area contributed by atoms with Gasteiger partial charge in [-0.25, -0.2) is 4.98 Å². The molecule has 0 aliphatic carbocycles. The zero-order chi connectivity index (χ0) is 15.0. The van der Waals surface area contributed by atoms with Crippen molar-refractivity contribution < 1.29 is 0 Å². The lowest BCUT2D eigenvalue weighted by molar-refractivity contribution is 0.200. The van der Waals surface area contributed by atoms with E-state index in [1.807, 2.05) is 6.92 Å². The lowest BCUT2D eigenvalue weighted by Gasteiger charge is -2.40. The van der Waals surface area contributed by atoms with Gasteiger partial charge in [-0.05, 0) is 31.9 Å². The number of rotatable bonds is 3. The maximum atomic E-state index is 6.10. The average Bonchev–Trinajstić information content (AvgIpc) is 3.04. The molecule has 0 radical (unpaired) electrons. The largest absolute Gasteiger partial charge is 0.382 e. The van der Waals surface area contributed by atoms with E-state index in [0.717, 1.165) is 42.4 Å². The summed E-state index contributed by atoms with van der Waals surface area (Å²) in [6, 6.07) is 0.553. The number of hydrogen-bond acceptors (Lipinski definition) is 7. The minimum absolute atomic E-state index is 0.553. The van der Waals surface area contributed by atoms with Crippen LogP contribution in [0.3, 0.4) is 0 Å². The van der Waals surface area contributed by atoms with Crippen LogP contribution in [0, 0.1) is 6.92 Å². The highest BCUT2D eigenvalue weighted by Crippen LogP contribution is 2.40. The Kier molecular flexibility index (Phi) is 4.14. The van der Waals surface area contributed by atoms with Crippen LogP contribution in [0.25, 0.3) is 11.3 Å². The lowest BCUT2D eigenvalue weighted by atomic mass is 10.1. The Morgan fingerprint density at radius 3 is 2.86 bits per heavy atom. The third-order valence-corrected chi connectivity index (χ3v) is 5.73. The normalized spacial score (nSPS) is 20.1. The van der Waals surface area contributed by atoms with Gasteiger partial charge in [0.15, 0.2) is 0 Å². The first-order valence-corrected chi connectivity index (χ1v) is 8.92. The number of piperazine rings is 1. The van der Waals surface area contributed by atoms with Gasteiger partial charge < -0.3 is 10.6 Å². The highest BCUT2D eigenvalue weighted by atomic mass is 32.1. The quantitative estimate of drug-likeness (QED) is 0.941. The van der Waals surface area contributed by atoms with E-state index in [1.54, 1.807) is 11.3 Å². The Balaban J connectivity index is 1.90. The van der Waals surface area contributed by atoms with E-state index in [2.05, 4.69) is 38.4 Å². The van der Waals surface area contributed by atoms with E-state index >= 15 is 0 Å². The second-order valence-electron chi connectivity index (χ2n) is 5.42. The molecule has 0 aromatic carbocycles. The smallest absolute Gasteiger partial charge is 0.148 e. The van der Waals surface area contributed by atoms with Crippen LogP contribution < -0.4 is 10.6 Å². The van der Waals surface area contributed by atoms with E-state index in [1.165, 1.54) is 16.5 Å². The van der Waals surface area contributed by atoms with Crippen LogP contribution in [0.5, 0.6) is 0 Å². The van der Waals surface area contributed by atoms with Crippen LogP contribution in [-0.4, -0.2) is 46.5 Å². The molecule has 0 spiro atoms. The number of nitrogen functional groups attached to an aromatic ring is 1. The van der Waals surface area contributed by atoms with Crippen molar-refractivity contribution in [3.05, 3.63) is 10.4 Å². The Labute approximate surface area is 133 Å². The van der Waals surface area contributed by atoms with Crippen LogP contribution in [0.4, 0.5) is 10.8 Å². The molecule has 114 valence electrons. The fraction of sp³-hybridized carbons (Fsp3) is 0.571. The molecule has 0 saturated carbocycles. The van der Waals surface area contributed by atoms with Crippen molar-refractivity contribution in [3.63, 3.8) is 0 Å². The lowest BCUT2D eigenvalue weighted by Crippen LogP contribution is -2.51. The molecule has 1 atom stereocenters. The minimum atomic E-state index is 0.553. The van der Waals surface area contributed by atoms with Crippen LogP contribution in [0.15, 0.2) is 5.38 Å². The van der Waals surface area contributed by atoms with Gasteiger partial charge in [-0.1, -0.05) is 6.92 Å². The highest BCUT2D eigenvalue weighted by molar-refractivity contribution is 7.11. The fourth-order valence-corrected chi connectivity index (χ4v) is 4.34. The fourth-order valence-electron chi connectivity index (χ4n) is 2.88. The van der Waals surface area contributed by atoms with Crippen LogP contribution >= 0.6 is 22.9 Å². The molecule has 3 heterocycles. The van der Waals surface area contributed by atoms with Crippen molar-refractivity contribution in [2.75, 3.05) is 36.8 Å². The van der Waals surface area contributed by atoms with Crippen molar-refractivity contribution in [2.24, 2.45) is 0 Å². The van der Waals surface area contributed by atoms with Crippen molar-refractivity contribution in [1.82, 2.24) is 14.3 Å². The molecule has 0 amide bonds. The topological polar surface area (TPSA) is 58.3 Å². The van der Waals surface area contributed by atoms with Crippen molar-refractivity contribution in [3.8, 4) is 11.3 Å². The summed E-state index contributed by atoms with van der Waals surface area (Å²) >= 11 is 3.15. The van der Waals surface area contributed by atoms with Gasteiger partial charge in [0, 0.05) is 31.1 Å². The third kappa shape index (κ3) is 2.77. The van der Waals surface area contributed by atoms with Gasteiger partial charge in [-0.15, -0.1) is 11.3 Å². The number of aryl methyl sites for hydroxylation is 1. The predicted molar refractivity (Wildman–Crippen MR) is 91.3 cm³/mol. The van der Waals surface area contributed by atoms with Crippen LogP contribution in [0.1, 0.15) is 18.9 Å². The molecule has 21 heavy (non-hydrogen) atoms. The molecule has 5 nitrogen and oxygen atoms in total. The summed E-state index contributed by atoms with van der Waals surface area (Å²) in [7, 11) is 0. The molecular formula is C14H21N5S2. The van der Waals surface area contributed by atoms with Crippen molar-refractivity contribution in [1.29, 1.82) is 0 Å². The molecule has 2 aromatic heterocycles. The molecule has 1 saturated heterocycles. The Morgan fingerprint density at radius 1 is 1.43 bits per heavy atom. The Hall–Kier alpha value is -1.18. The molecule has 2 N–H and O–H groups in total. The molecular weight excluding hydrogens is 302 g/mol. The molecule has 7 heteroatoms. The average molecular weight is 323 g/mol. The van der Waals surface area contributed by atoms with Gasteiger partial charge >= 0.3 is 0 Å². The molecule has 1 aliphatic heterocycles. The van der Waals surface area contributed by atoms with E-state index < -0.39 is 0 Å². The first-order chi connectivity index (χ1) is 10.1. The van der Waals surface area contributed by atoms with Gasteiger partial charge in [0.2, 0.25) is 0 Å². The van der Waals surface area contributed by atoms with E-state index in [4.69, 9.17) is 5.73 Å². The second-order valence-corrected chi connectivity index (χ2v) is 7.24. The zero-order valence-corrected chi connectivity index (χ0v) is 14.3. The van der Waals surface area contributed by atoms with Crippen LogP contribution in [0.2, 0.25) is 0 Å². The SMILES string of the molecule is CCN1CCN(c2snc(N)c2-c2csc(C)n2)CC1C. The predicted octanol–water partition coefficient (Wildman–Crippen LogP) is 2.69. The maximum Gasteiger partial charge on any atom is 0.148 e. The Bertz CT molecular complexity index is 621. The van der Waals surface area contributed by atoms with Gasteiger partial charge in [0.05, 0.1) is 16.3 Å². The summed E-state index contributed by atoms with van der Waals surface area (Å²) in [4.78, 5) is 9.51. The first-order valence-electron chi connectivity index (χ1n) is 7.26. The summed E-state index contributed by atoms with van der Waals surface area (Å²) in [6.07, 6.45) is 0. The molecule has 2 aromatic rings. The highest BCUT2D eigenvalue weighted by Gasteiger charge is 2.27. The number of thiazole rings is 1. The summed E-state index contributed by atoms with van der Waals surface area (Å²) in [6.45, 7) is 10.8. The van der Waals surface area contributed by atoms with Gasteiger partial charge in [-0.2, -0.15) is 4.37 Å². The van der Waals surface area contributed by atoms with Crippen molar-refractivity contribution >= 4 is 33.7 Å². The first kappa shape index (κ1) is 14.7. The number of nitrogens with two attached hydrogens (primary N) is 1. The van der Waals surface area contributed by atoms with Crippen molar-refractivity contribution in [2.45, 2.75) is 26.8 Å². The summed E-state index contributed by atoms with van der Waals surface area (Å²) in [5, 5.41) is 4.30. The van der Waals surface area contributed by atoms with Gasteiger partial charge in [-0.3, -0.25) is 4.90 Å². The second kappa shape index (κ2) is 5.90. The Morgan fingerprint density at radius 2 is 2.24 bits per heavy atom.